The van der Waals surface area contributed by atoms with E-state index in [2.05, 4.69) is 5.32 Å². The molecule has 27 heavy (non-hydrogen) atoms. The molecule has 0 aromatic heterocycles. The summed E-state index contributed by atoms with van der Waals surface area (Å²) in [6.07, 6.45) is 0. The molecule has 2 saturated heterocycles. The number of amides is 2. The summed E-state index contributed by atoms with van der Waals surface area (Å²) < 4.78 is 0. The third kappa shape index (κ3) is 1.78. The molecule has 1 N–H and O–H groups in total. The van der Waals surface area contributed by atoms with Crippen molar-refractivity contribution >= 4 is 29.1 Å². The molecule has 1 aliphatic carbocycles. The SMILES string of the molecule is C[C@@H]1NC2(C(=O)c3ccccc3C2=O)[C@H]2C(=O)N(c3ccccc3)C(=O)[C@@H]12. The molecule has 3 atom stereocenters. The molecule has 2 amide bonds. The number of rotatable bonds is 1. The van der Waals surface area contributed by atoms with E-state index in [-0.39, 0.29) is 5.91 Å². The first-order valence-electron chi connectivity index (χ1n) is 8.87. The standard InChI is InChI=1S/C21H16N2O4/c1-11-15-16(20(27)23(19(15)26)12-7-3-2-4-8-12)21(22-11)17(24)13-9-5-6-10-14(13)18(21)25/h2-11,15-16,22H,1H3/t11-,15-,16+/m0/s1. The van der Waals surface area contributed by atoms with Gasteiger partial charge in [0.15, 0.2) is 17.1 Å². The van der Waals surface area contributed by atoms with Gasteiger partial charge in [0.2, 0.25) is 11.8 Å². The lowest BCUT2D eigenvalue weighted by Crippen LogP contribution is -2.58. The molecule has 0 saturated carbocycles. The van der Waals surface area contributed by atoms with Crippen molar-refractivity contribution in [3.63, 3.8) is 0 Å². The van der Waals surface area contributed by atoms with Crippen LogP contribution < -0.4 is 10.2 Å². The normalized spacial score (nSPS) is 28.2. The Balaban J connectivity index is 1.67. The topological polar surface area (TPSA) is 83.6 Å². The number of para-hydroxylation sites is 1. The molecule has 2 aromatic carbocycles. The van der Waals surface area contributed by atoms with Crippen LogP contribution in [0, 0.1) is 11.8 Å². The Morgan fingerprint density at radius 2 is 1.37 bits per heavy atom. The predicted octanol–water partition coefficient (Wildman–Crippen LogP) is 1.60. The van der Waals surface area contributed by atoms with Crippen molar-refractivity contribution < 1.29 is 19.2 Å². The van der Waals surface area contributed by atoms with Crippen LogP contribution in [0.4, 0.5) is 5.69 Å². The van der Waals surface area contributed by atoms with E-state index in [1.54, 1.807) is 61.5 Å². The van der Waals surface area contributed by atoms with Crippen molar-refractivity contribution in [3.05, 3.63) is 65.7 Å². The van der Waals surface area contributed by atoms with Gasteiger partial charge < -0.3 is 0 Å². The van der Waals surface area contributed by atoms with Gasteiger partial charge in [0, 0.05) is 17.2 Å². The molecular formula is C21H16N2O4. The van der Waals surface area contributed by atoms with Crippen molar-refractivity contribution in [2.45, 2.75) is 18.5 Å². The van der Waals surface area contributed by atoms with Gasteiger partial charge in [0.05, 0.1) is 17.5 Å². The van der Waals surface area contributed by atoms with E-state index >= 15 is 0 Å². The highest BCUT2D eigenvalue weighted by atomic mass is 16.2. The number of nitrogens with zero attached hydrogens (tertiary/aromatic N) is 1. The van der Waals surface area contributed by atoms with Crippen LogP contribution in [0.3, 0.4) is 0 Å². The monoisotopic (exact) mass is 360 g/mol. The first-order chi connectivity index (χ1) is 13.0. The summed E-state index contributed by atoms with van der Waals surface area (Å²) in [7, 11) is 0. The number of imide groups is 1. The molecule has 0 bridgehead atoms. The van der Waals surface area contributed by atoms with Gasteiger partial charge in [-0.15, -0.1) is 0 Å². The van der Waals surface area contributed by atoms with Gasteiger partial charge >= 0.3 is 0 Å². The van der Waals surface area contributed by atoms with Crippen LogP contribution in [-0.4, -0.2) is 35.0 Å². The fourth-order valence-electron chi connectivity index (χ4n) is 4.84. The highest BCUT2D eigenvalue weighted by Gasteiger charge is 2.72. The van der Waals surface area contributed by atoms with Gasteiger partial charge in [-0.25, -0.2) is 4.90 Å². The van der Waals surface area contributed by atoms with E-state index in [0.717, 1.165) is 4.90 Å². The number of hydrogen-bond donors (Lipinski definition) is 1. The number of nitrogens with one attached hydrogen (secondary N) is 1. The van der Waals surface area contributed by atoms with Crippen LogP contribution in [0.15, 0.2) is 54.6 Å². The molecule has 0 radical (unpaired) electrons. The molecule has 3 aliphatic rings. The molecule has 2 aliphatic heterocycles. The summed E-state index contributed by atoms with van der Waals surface area (Å²) in [6.45, 7) is 1.75. The van der Waals surface area contributed by atoms with E-state index in [1.807, 2.05) is 0 Å². The molecule has 5 rings (SSSR count). The molecule has 2 fully saturated rings. The predicted molar refractivity (Wildman–Crippen MR) is 96.3 cm³/mol. The molecule has 2 heterocycles. The minimum atomic E-state index is -1.69. The Labute approximate surface area is 155 Å². The first-order valence-corrected chi connectivity index (χ1v) is 8.87. The summed E-state index contributed by atoms with van der Waals surface area (Å²) in [5.74, 6) is -3.49. The Morgan fingerprint density at radius 3 is 1.96 bits per heavy atom. The third-order valence-electron chi connectivity index (χ3n) is 5.96. The van der Waals surface area contributed by atoms with Crippen molar-refractivity contribution in [2.24, 2.45) is 11.8 Å². The second kappa shape index (κ2) is 5.20. The van der Waals surface area contributed by atoms with Crippen LogP contribution in [-0.2, 0) is 9.59 Å². The molecule has 6 heteroatoms. The van der Waals surface area contributed by atoms with E-state index in [4.69, 9.17) is 0 Å². The average molecular weight is 360 g/mol. The first kappa shape index (κ1) is 16.1. The van der Waals surface area contributed by atoms with E-state index in [1.165, 1.54) is 0 Å². The lowest BCUT2D eigenvalue weighted by molar-refractivity contribution is -0.123. The van der Waals surface area contributed by atoms with E-state index in [9.17, 15) is 19.2 Å². The number of ketones is 2. The van der Waals surface area contributed by atoms with Gasteiger partial charge in [0.1, 0.15) is 0 Å². The van der Waals surface area contributed by atoms with Gasteiger partial charge in [-0.1, -0.05) is 42.5 Å². The molecule has 6 nitrogen and oxygen atoms in total. The highest BCUT2D eigenvalue weighted by Crippen LogP contribution is 2.49. The fourth-order valence-corrected chi connectivity index (χ4v) is 4.84. The van der Waals surface area contributed by atoms with E-state index < -0.39 is 40.9 Å². The van der Waals surface area contributed by atoms with Crippen molar-refractivity contribution in [1.82, 2.24) is 5.32 Å². The summed E-state index contributed by atoms with van der Waals surface area (Å²) >= 11 is 0. The van der Waals surface area contributed by atoms with Crippen molar-refractivity contribution in [2.75, 3.05) is 4.90 Å². The quantitative estimate of drug-likeness (QED) is 0.617. The van der Waals surface area contributed by atoms with Crippen LogP contribution in [0.2, 0.25) is 0 Å². The second-order valence-electron chi connectivity index (χ2n) is 7.30. The molecule has 1 spiro atoms. The second-order valence-corrected chi connectivity index (χ2v) is 7.30. The lowest BCUT2D eigenvalue weighted by Gasteiger charge is -2.27. The molecule has 134 valence electrons. The maximum atomic E-state index is 13.3. The number of carbonyl (C=O) groups excluding carboxylic acids is 4. The van der Waals surface area contributed by atoms with Gasteiger partial charge in [0.25, 0.3) is 0 Å². The van der Waals surface area contributed by atoms with Crippen molar-refractivity contribution in [1.29, 1.82) is 0 Å². The van der Waals surface area contributed by atoms with Crippen LogP contribution in [0.1, 0.15) is 27.6 Å². The van der Waals surface area contributed by atoms with Crippen LogP contribution in [0.5, 0.6) is 0 Å². The highest BCUT2D eigenvalue weighted by molar-refractivity contribution is 6.37. The van der Waals surface area contributed by atoms with Crippen molar-refractivity contribution in [3.8, 4) is 0 Å². The molecule has 0 unspecified atom stereocenters. The summed E-state index contributed by atoms with van der Waals surface area (Å²) in [5.41, 5.74) is -0.619. The number of anilines is 1. The Kier molecular flexibility index (Phi) is 3.10. The Morgan fingerprint density at radius 1 is 0.815 bits per heavy atom. The molecular weight excluding hydrogens is 344 g/mol. The Hall–Kier alpha value is -3.12. The van der Waals surface area contributed by atoms with E-state index in [0.29, 0.717) is 16.8 Å². The zero-order valence-electron chi connectivity index (χ0n) is 14.5. The fraction of sp³-hybridized carbons (Fsp3) is 0.238. The number of carbonyl (C=O) groups is 4. The number of Topliss-reactive ketones (excluding diaryl/α,β-unsaturated/α-hetero) is 2. The van der Waals surface area contributed by atoms with Crippen LogP contribution in [0.25, 0.3) is 0 Å². The van der Waals surface area contributed by atoms with Gasteiger partial charge in [-0.05, 0) is 19.1 Å². The Bertz CT molecular complexity index is 994. The average Bonchev–Trinajstić information content (AvgIpc) is 3.22. The smallest absolute Gasteiger partial charge is 0.240 e. The minimum absolute atomic E-state index is 0.307. The molecule has 2 aromatic rings. The van der Waals surface area contributed by atoms with Crippen LogP contribution >= 0.6 is 0 Å². The summed E-state index contributed by atoms with van der Waals surface area (Å²) in [5, 5.41) is 3.04. The lowest BCUT2D eigenvalue weighted by atomic mass is 9.77. The summed E-state index contributed by atoms with van der Waals surface area (Å²) in [4.78, 5) is 54.0. The maximum Gasteiger partial charge on any atom is 0.240 e. The third-order valence-corrected chi connectivity index (χ3v) is 5.96. The van der Waals surface area contributed by atoms with Gasteiger partial charge in [-0.2, -0.15) is 0 Å². The number of hydrogen-bond acceptors (Lipinski definition) is 5. The largest absolute Gasteiger partial charge is 0.294 e. The zero-order chi connectivity index (χ0) is 18.9. The number of benzene rings is 2. The maximum absolute atomic E-state index is 13.3. The number of fused-ring (bicyclic) bond motifs is 3. The summed E-state index contributed by atoms with van der Waals surface area (Å²) in [6, 6.07) is 14.7. The zero-order valence-corrected chi connectivity index (χ0v) is 14.5. The van der Waals surface area contributed by atoms with Gasteiger partial charge in [-0.3, -0.25) is 24.5 Å². The minimum Gasteiger partial charge on any atom is -0.294 e.